The van der Waals surface area contributed by atoms with Gasteiger partial charge in [0, 0.05) is 10.2 Å². The molecule has 3 heteroatoms. The molecule has 2 rings (SSSR count). The number of nitrogen functional groups attached to an aromatic ring is 1. The lowest BCUT2D eigenvalue weighted by Gasteiger charge is -2.07. The summed E-state index contributed by atoms with van der Waals surface area (Å²) in [4.78, 5) is 0. The van der Waals surface area contributed by atoms with Crippen molar-refractivity contribution in [2.45, 2.75) is 6.42 Å². The van der Waals surface area contributed by atoms with Gasteiger partial charge in [-0.25, -0.2) is 0 Å². The van der Waals surface area contributed by atoms with Gasteiger partial charge in [-0.1, -0.05) is 34.1 Å². The zero-order valence-electron chi connectivity index (χ0n) is 9.61. The van der Waals surface area contributed by atoms with Crippen molar-refractivity contribution in [1.82, 2.24) is 0 Å². The van der Waals surface area contributed by atoms with E-state index in [0.29, 0.717) is 0 Å². The van der Waals surface area contributed by atoms with E-state index in [0.717, 1.165) is 27.9 Å². The molecule has 0 heterocycles. The minimum atomic E-state index is 0.808. The van der Waals surface area contributed by atoms with E-state index in [2.05, 4.69) is 22.0 Å². The van der Waals surface area contributed by atoms with Crippen LogP contribution in [-0.2, 0) is 6.42 Å². The van der Waals surface area contributed by atoms with Crippen LogP contribution >= 0.6 is 15.9 Å². The Morgan fingerprint density at radius 2 is 2.00 bits per heavy atom. The lowest BCUT2D eigenvalue weighted by molar-refractivity contribution is 0.414. The highest BCUT2D eigenvalue weighted by Gasteiger charge is 2.02. The van der Waals surface area contributed by atoms with Gasteiger partial charge in [0.15, 0.2) is 0 Å². The van der Waals surface area contributed by atoms with Gasteiger partial charge in [0.25, 0.3) is 0 Å². The van der Waals surface area contributed by atoms with Gasteiger partial charge in [0.2, 0.25) is 0 Å². The van der Waals surface area contributed by atoms with Crippen LogP contribution < -0.4 is 10.5 Å². The largest absolute Gasteiger partial charge is 0.497 e. The van der Waals surface area contributed by atoms with Crippen LogP contribution in [-0.4, -0.2) is 7.11 Å². The van der Waals surface area contributed by atoms with Gasteiger partial charge in [0.05, 0.1) is 7.11 Å². The number of methoxy groups -OCH3 is 1. The van der Waals surface area contributed by atoms with E-state index in [1.165, 1.54) is 5.56 Å². The second-order valence-corrected chi connectivity index (χ2v) is 4.79. The fourth-order valence-corrected chi connectivity index (χ4v) is 2.11. The molecule has 17 heavy (non-hydrogen) atoms. The Hall–Kier alpha value is -1.48. The van der Waals surface area contributed by atoms with Gasteiger partial charge in [-0.15, -0.1) is 0 Å². The average Bonchev–Trinajstić information content (AvgIpc) is 2.33. The van der Waals surface area contributed by atoms with Crippen LogP contribution in [0.2, 0.25) is 0 Å². The lowest BCUT2D eigenvalue weighted by atomic mass is 10.0. The molecule has 0 aliphatic heterocycles. The molecule has 0 aliphatic carbocycles. The van der Waals surface area contributed by atoms with Gasteiger partial charge in [-0.3, -0.25) is 0 Å². The number of rotatable bonds is 3. The molecule has 2 N–H and O–H groups in total. The van der Waals surface area contributed by atoms with Crippen LogP contribution in [0, 0.1) is 0 Å². The zero-order chi connectivity index (χ0) is 12.3. The van der Waals surface area contributed by atoms with Crippen molar-refractivity contribution in [3.63, 3.8) is 0 Å². The van der Waals surface area contributed by atoms with Crippen LogP contribution in [0.1, 0.15) is 11.1 Å². The maximum absolute atomic E-state index is 5.98. The van der Waals surface area contributed by atoms with Crippen molar-refractivity contribution < 1.29 is 4.74 Å². The molecule has 0 aromatic heterocycles. The molecule has 0 bridgehead atoms. The van der Waals surface area contributed by atoms with E-state index < -0.39 is 0 Å². The first kappa shape index (κ1) is 12.0. The third-order valence-electron chi connectivity index (χ3n) is 2.64. The van der Waals surface area contributed by atoms with Crippen molar-refractivity contribution in [1.29, 1.82) is 0 Å². The number of ether oxygens (including phenoxy) is 1. The number of benzene rings is 2. The SMILES string of the molecule is COc1cccc(Cc2ccc(Br)cc2N)c1. The fourth-order valence-electron chi connectivity index (χ4n) is 1.73. The molecule has 88 valence electrons. The second-order valence-electron chi connectivity index (χ2n) is 3.87. The van der Waals surface area contributed by atoms with Gasteiger partial charge in [0.1, 0.15) is 5.75 Å². The van der Waals surface area contributed by atoms with Crippen LogP contribution in [0.5, 0.6) is 5.75 Å². The van der Waals surface area contributed by atoms with E-state index >= 15 is 0 Å². The van der Waals surface area contributed by atoms with Crippen molar-refractivity contribution >= 4 is 21.6 Å². The molecule has 0 amide bonds. The summed E-state index contributed by atoms with van der Waals surface area (Å²) in [5.41, 5.74) is 9.11. The normalized spacial score (nSPS) is 10.2. The Morgan fingerprint density at radius 1 is 1.18 bits per heavy atom. The molecule has 2 aromatic carbocycles. The standard InChI is InChI=1S/C14H14BrNO/c1-17-13-4-2-3-10(8-13)7-11-5-6-12(15)9-14(11)16/h2-6,8-9H,7,16H2,1H3. The van der Waals surface area contributed by atoms with Crippen LogP contribution in [0.15, 0.2) is 46.9 Å². The summed E-state index contributed by atoms with van der Waals surface area (Å²) in [5.74, 6) is 0.873. The smallest absolute Gasteiger partial charge is 0.119 e. The third kappa shape index (κ3) is 3.01. The molecule has 0 saturated heterocycles. The van der Waals surface area contributed by atoms with Crippen molar-refractivity contribution in [2.75, 3.05) is 12.8 Å². The maximum Gasteiger partial charge on any atom is 0.119 e. The monoisotopic (exact) mass is 291 g/mol. The lowest BCUT2D eigenvalue weighted by Crippen LogP contribution is -1.96. The molecule has 0 atom stereocenters. The van der Waals surface area contributed by atoms with Gasteiger partial charge in [-0.2, -0.15) is 0 Å². The molecule has 2 nitrogen and oxygen atoms in total. The number of hydrogen-bond donors (Lipinski definition) is 1. The van der Waals surface area contributed by atoms with E-state index in [4.69, 9.17) is 10.5 Å². The average molecular weight is 292 g/mol. The molecule has 2 aromatic rings. The Morgan fingerprint density at radius 3 is 2.71 bits per heavy atom. The third-order valence-corrected chi connectivity index (χ3v) is 3.13. The molecular weight excluding hydrogens is 278 g/mol. The molecule has 0 saturated carbocycles. The fraction of sp³-hybridized carbons (Fsp3) is 0.143. The Bertz CT molecular complexity index is 525. The van der Waals surface area contributed by atoms with Gasteiger partial charge in [-0.05, 0) is 41.8 Å². The van der Waals surface area contributed by atoms with E-state index in [9.17, 15) is 0 Å². The highest BCUT2D eigenvalue weighted by atomic mass is 79.9. The predicted octanol–water partition coefficient (Wildman–Crippen LogP) is 3.63. The number of anilines is 1. The number of halogens is 1. The van der Waals surface area contributed by atoms with Gasteiger partial charge < -0.3 is 10.5 Å². The quantitative estimate of drug-likeness (QED) is 0.877. The zero-order valence-corrected chi connectivity index (χ0v) is 11.2. The summed E-state index contributed by atoms with van der Waals surface area (Å²) in [6, 6.07) is 14.0. The Balaban J connectivity index is 2.25. The van der Waals surface area contributed by atoms with E-state index in [1.54, 1.807) is 7.11 Å². The summed E-state index contributed by atoms with van der Waals surface area (Å²) in [6.07, 6.45) is 0.816. The highest BCUT2D eigenvalue weighted by Crippen LogP contribution is 2.22. The number of nitrogens with two attached hydrogens (primary N) is 1. The Kier molecular flexibility index (Phi) is 3.69. The van der Waals surface area contributed by atoms with E-state index in [-0.39, 0.29) is 0 Å². The van der Waals surface area contributed by atoms with E-state index in [1.807, 2.05) is 36.4 Å². The summed E-state index contributed by atoms with van der Waals surface area (Å²) in [7, 11) is 1.67. The molecule has 0 fully saturated rings. The minimum absolute atomic E-state index is 0.808. The van der Waals surface area contributed by atoms with Crippen molar-refractivity contribution in [3.05, 3.63) is 58.1 Å². The summed E-state index contributed by atoms with van der Waals surface area (Å²) >= 11 is 3.40. The first-order valence-corrected chi connectivity index (χ1v) is 6.15. The maximum atomic E-state index is 5.98. The highest BCUT2D eigenvalue weighted by molar-refractivity contribution is 9.10. The van der Waals surface area contributed by atoms with Crippen molar-refractivity contribution in [3.8, 4) is 5.75 Å². The van der Waals surface area contributed by atoms with Crippen molar-refractivity contribution in [2.24, 2.45) is 0 Å². The second kappa shape index (κ2) is 5.23. The summed E-state index contributed by atoms with van der Waals surface area (Å²) in [6.45, 7) is 0. The topological polar surface area (TPSA) is 35.2 Å². The molecule has 0 spiro atoms. The Labute approximate surface area is 110 Å². The van der Waals surface area contributed by atoms with Crippen LogP contribution in [0.3, 0.4) is 0 Å². The van der Waals surface area contributed by atoms with Gasteiger partial charge >= 0.3 is 0 Å². The first-order chi connectivity index (χ1) is 8.19. The summed E-state index contributed by atoms with van der Waals surface area (Å²) in [5, 5.41) is 0. The summed E-state index contributed by atoms with van der Waals surface area (Å²) < 4.78 is 6.21. The molecule has 0 radical (unpaired) electrons. The molecule has 0 unspecified atom stereocenters. The molecule has 0 aliphatic rings. The predicted molar refractivity (Wildman–Crippen MR) is 74.4 cm³/mol. The first-order valence-electron chi connectivity index (χ1n) is 5.36. The minimum Gasteiger partial charge on any atom is -0.497 e. The molecular formula is C14H14BrNO. The van der Waals surface area contributed by atoms with Crippen LogP contribution in [0.4, 0.5) is 5.69 Å². The number of hydrogen-bond acceptors (Lipinski definition) is 2. The van der Waals surface area contributed by atoms with Crippen LogP contribution in [0.25, 0.3) is 0 Å².